The minimum atomic E-state index is 0.00194. The molecule has 0 amide bonds. The number of anilines is 6. The maximum absolute atomic E-state index is 2.51. The molecule has 0 unspecified atom stereocenters. The van der Waals surface area contributed by atoms with Crippen molar-refractivity contribution in [2.24, 2.45) is 0 Å². The predicted octanol–water partition coefficient (Wildman–Crippen LogP) is 16.4. The zero-order valence-electron chi connectivity index (χ0n) is 35.7. The third kappa shape index (κ3) is 7.30. The molecule has 0 bridgehead atoms. The SMILES string of the molecule is Cc1cc(C)cc(N(c2cc(C)cc(C(C)C)c2)c2cc3c4ccccc4c(N(c4cc(C)cc(C)c4)c4cc(C)cc(C(C)(C)C)c4)cc3c3ccccc23)c1. The summed E-state index contributed by atoms with van der Waals surface area (Å²) >= 11 is 0. The van der Waals surface area contributed by atoms with E-state index in [1.54, 1.807) is 0 Å². The Morgan fingerprint density at radius 1 is 0.368 bits per heavy atom. The molecule has 0 aliphatic heterocycles. The Morgan fingerprint density at radius 2 is 0.719 bits per heavy atom. The summed E-state index contributed by atoms with van der Waals surface area (Å²) in [6.45, 7) is 24.8. The maximum atomic E-state index is 2.51. The topological polar surface area (TPSA) is 6.48 Å². The number of nitrogens with zero attached hydrogens (tertiary/aromatic N) is 2. The van der Waals surface area contributed by atoms with Gasteiger partial charge in [-0.25, -0.2) is 0 Å². The molecule has 8 aromatic carbocycles. The molecule has 0 saturated carbocycles. The molecule has 0 aromatic heterocycles. The van der Waals surface area contributed by atoms with Crippen molar-refractivity contribution in [3.05, 3.63) is 178 Å². The van der Waals surface area contributed by atoms with Crippen LogP contribution in [0.3, 0.4) is 0 Å². The standard InChI is InChI=1S/C55H56N2/c1-34(2)41-22-39(7)28-45(30-41)56(43-24-35(3)20-36(4)25-43)53-32-51-48-17-13-15-19-50(48)54(33-52(51)47-16-12-14-18-49(47)53)57(44-26-37(5)21-38(6)27-44)46-29-40(8)23-42(31-46)55(9,10)11/h12-34H,1-11H3. The number of rotatable bonds is 7. The van der Waals surface area contributed by atoms with Crippen LogP contribution in [0, 0.1) is 41.5 Å². The molecule has 0 spiro atoms. The number of benzene rings is 8. The Bertz CT molecular complexity index is 2790. The summed E-state index contributed by atoms with van der Waals surface area (Å²) in [6, 6.07) is 51.0. The lowest BCUT2D eigenvalue weighted by Gasteiger charge is -2.31. The third-order valence-corrected chi connectivity index (χ3v) is 11.4. The molecule has 0 aliphatic rings. The van der Waals surface area contributed by atoms with Gasteiger partial charge >= 0.3 is 0 Å². The molecule has 2 nitrogen and oxygen atoms in total. The van der Waals surface area contributed by atoms with Crippen molar-refractivity contribution in [3.8, 4) is 0 Å². The first-order valence-electron chi connectivity index (χ1n) is 20.5. The van der Waals surface area contributed by atoms with Crippen molar-refractivity contribution in [1.82, 2.24) is 0 Å². The van der Waals surface area contributed by atoms with Gasteiger partial charge in [-0.15, -0.1) is 0 Å². The van der Waals surface area contributed by atoms with Gasteiger partial charge in [0.15, 0.2) is 0 Å². The van der Waals surface area contributed by atoms with E-state index < -0.39 is 0 Å². The Morgan fingerprint density at radius 3 is 1.12 bits per heavy atom. The number of hydrogen-bond donors (Lipinski definition) is 0. The molecule has 8 aromatic rings. The van der Waals surface area contributed by atoms with Crippen molar-refractivity contribution in [2.45, 2.75) is 87.5 Å². The van der Waals surface area contributed by atoms with Crippen LogP contribution in [0.2, 0.25) is 0 Å². The average Bonchev–Trinajstić information content (AvgIpc) is 3.14. The molecule has 0 atom stereocenters. The second kappa shape index (κ2) is 14.6. The molecule has 0 fully saturated rings. The van der Waals surface area contributed by atoms with Gasteiger partial charge in [0.25, 0.3) is 0 Å². The fourth-order valence-electron chi connectivity index (χ4n) is 8.88. The van der Waals surface area contributed by atoms with E-state index in [0.717, 1.165) is 0 Å². The molecular weight excluding hydrogens is 689 g/mol. The first-order valence-corrected chi connectivity index (χ1v) is 20.5. The van der Waals surface area contributed by atoms with Gasteiger partial charge < -0.3 is 9.80 Å². The van der Waals surface area contributed by atoms with Gasteiger partial charge in [-0.3, -0.25) is 0 Å². The van der Waals surface area contributed by atoms with Crippen molar-refractivity contribution in [2.75, 3.05) is 9.80 Å². The zero-order valence-corrected chi connectivity index (χ0v) is 35.7. The first kappa shape index (κ1) is 38.0. The fourth-order valence-corrected chi connectivity index (χ4v) is 8.88. The molecule has 0 saturated heterocycles. The van der Waals surface area contributed by atoms with Gasteiger partial charge in [-0.2, -0.15) is 0 Å². The van der Waals surface area contributed by atoms with E-state index >= 15 is 0 Å². The van der Waals surface area contributed by atoms with Crippen LogP contribution in [-0.4, -0.2) is 0 Å². The van der Waals surface area contributed by atoms with Crippen LogP contribution in [0.25, 0.3) is 32.3 Å². The molecule has 8 rings (SSSR count). The van der Waals surface area contributed by atoms with Crippen molar-refractivity contribution < 1.29 is 0 Å². The second-order valence-corrected chi connectivity index (χ2v) is 17.9. The highest BCUT2D eigenvalue weighted by Gasteiger charge is 2.24. The largest absolute Gasteiger partial charge is 0.310 e. The van der Waals surface area contributed by atoms with Crippen LogP contribution in [0.5, 0.6) is 0 Å². The Labute approximate surface area is 340 Å². The molecule has 57 heavy (non-hydrogen) atoms. The van der Waals surface area contributed by atoms with Crippen LogP contribution in [0.4, 0.5) is 34.1 Å². The van der Waals surface area contributed by atoms with Crippen molar-refractivity contribution in [3.63, 3.8) is 0 Å². The normalized spacial score (nSPS) is 11.9. The molecule has 286 valence electrons. The van der Waals surface area contributed by atoms with E-state index in [2.05, 4.69) is 219 Å². The third-order valence-electron chi connectivity index (χ3n) is 11.4. The van der Waals surface area contributed by atoms with Gasteiger partial charge in [0.1, 0.15) is 0 Å². The summed E-state index contributed by atoms with van der Waals surface area (Å²) in [6.07, 6.45) is 0. The molecular formula is C55H56N2. The summed E-state index contributed by atoms with van der Waals surface area (Å²) in [4.78, 5) is 5.01. The van der Waals surface area contributed by atoms with E-state index in [9.17, 15) is 0 Å². The van der Waals surface area contributed by atoms with Gasteiger partial charge in [0, 0.05) is 33.5 Å². The van der Waals surface area contributed by atoms with Crippen LogP contribution in [0.1, 0.15) is 85.0 Å². The van der Waals surface area contributed by atoms with Crippen LogP contribution in [-0.2, 0) is 5.41 Å². The molecule has 2 heteroatoms. The smallest absolute Gasteiger partial charge is 0.0546 e. The highest BCUT2D eigenvalue weighted by atomic mass is 15.2. The van der Waals surface area contributed by atoms with Crippen LogP contribution >= 0.6 is 0 Å². The lowest BCUT2D eigenvalue weighted by atomic mass is 9.85. The minimum absolute atomic E-state index is 0.00194. The Balaban J connectivity index is 1.49. The molecule has 0 N–H and O–H groups in total. The summed E-state index contributed by atoms with van der Waals surface area (Å²) in [5.41, 5.74) is 17.3. The zero-order chi connectivity index (χ0) is 40.3. The average molecular weight is 745 g/mol. The monoisotopic (exact) mass is 744 g/mol. The highest BCUT2D eigenvalue weighted by Crippen LogP contribution is 2.48. The summed E-state index contributed by atoms with van der Waals surface area (Å²) in [7, 11) is 0. The van der Waals surface area contributed by atoms with Crippen molar-refractivity contribution >= 4 is 66.4 Å². The Kier molecular flexibility index (Phi) is 9.73. The van der Waals surface area contributed by atoms with E-state index in [0.29, 0.717) is 5.92 Å². The van der Waals surface area contributed by atoms with Gasteiger partial charge in [-0.05, 0) is 180 Å². The lowest BCUT2D eigenvalue weighted by molar-refractivity contribution is 0.590. The van der Waals surface area contributed by atoms with Gasteiger partial charge in [0.2, 0.25) is 0 Å². The summed E-state index contributed by atoms with van der Waals surface area (Å²) < 4.78 is 0. The number of hydrogen-bond acceptors (Lipinski definition) is 2. The molecule has 0 heterocycles. The van der Waals surface area contributed by atoms with Gasteiger partial charge in [0.05, 0.1) is 11.4 Å². The second-order valence-electron chi connectivity index (χ2n) is 17.9. The fraction of sp³-hybridized carbons (Fsp3) is 0.236. The van der Waals surface area contributed by atoms with E-state index in [-0.39, 0.29) is 5.41 Å². The minimum Gasteiger partial charge on any atom is -0.310 e. The van der Waals surface area contributed by atoms with E-state index in [1.807, 2.05) is 0 Å². The van der Waals surface area contributed by atoms with E-state index in [4.69, 9.17) is 0 Å². The molecule has 0 aliphatic carbocycles. The quantitative estimate of drug-likeness (QED) is 0.150. The van der Waals surface area contributed by atoms with Crippen LogP contribution in [0.15, 0.2) is 133 Å². The Hall–Kier alpha value is -5.86. The maximum Gasteiger partial charge on any atom is 0.0546 e. The number of aryl methyl sites for hydroxylation is 6. The molecule has 0 radical (unpaired) electrons. The van der Waals surface area contributed by atoms with Crippen LogP contribution < -0.4 is 9.80 Å². The highest BCUT2D eigenvalue weighted by molar-refractivity contribution is 6.24. The van der Waals surface area contributed by atoms with Gasteiger partial charge in [-0.1, -0.05) is 107 Å². The lowest BCUT2D eigenvalue weighted by Crippen LogP contribution is -2.15. The number of fused-ring (bicyclic) bond motifs is 5. The predicted molar refractivity (Wildman–Crippen MR) is 250 cm³/mol. The van der Waals surface area contributed by atoms with E-state index in [1.165, 1.54) is 111 Å². The first-order chi connectivity index (χ1) is 27.1. The summed E-state index contributed by atoms with van der Waals surface area (Å²) in [5, 5.41) is 7.41. The van der Waals surface area contributed by atoms with Crippen molar-refractivity contribution in [1.29, 1.82) is 0 Å². The summed E-state index contributed by atoms with van der Waals surface area (Å²) in [5.74, 6) is 0.411.